The zero-order chi connectivity index (χ0) is 16.3. The Balaban J connectivity index is 1.64. The summed E-state index contributed by atoms with van der Waals surface area (Å²) in [6.07, 6.45) is 10.5. The molecule has 4 aliphatic rings. The minimum absolute atomic E-state index is 0.176. The molecule has 4 rings (SSSR count). The van der Waals surface area contributed by atoms with Crippen molar-refractivity contribution in [3.63, 3.8) is 0 Å². The number of rotatable bonds is 4. The van der Waals surface area contributed by atoms with Crippen molar-refractivity contribution < 1.29 is 0 Å². The lowest BCUT2D eigenvalue weighted by Gasteiger charge is -2.20. The predicted octanol–water partition coefficient (Wildman–Crippen LogP) is 3.52. The topological polar surface area (TPSA) is 93.7 Å². The smallest absolute Gasteiger partial charge is 0.225 e. The lowest BCUT2D eigenvalue weighted by atomic mass is 9.70. The molecular weight excluding hydrogens is 284 g/mol. The standard InChI is InChI=1S/C19H18N4/c20-8-16(9-21)18(11-22,12-23)15-5-6-17(7-15)10-19(17,13-1-2-13)14-3-4-14/h7,13-15H,1-6,10H2. The van der Waals surface area contributed by atoms with Crippen molar-refractivity contribution in [2.24, 2.45) is 34.0 Å². The highest BCUT2D eigenvalue weighted by Crippen LogP contribution is 2.85. The van der Waals surface area contributed by atoms with Gasteiger partial charge in [-0.25, -0.2) is 0 Å². The molecular formula is C19H18N4. The van der Waals surface area contributed by atoms with Crippen LogP contribution in [-0.2, 0) is 0 Å². The van der Waals surface area contributed by atoms with E-state index in [9.17, 15) is 21.2 Å². The van der Waals surface area contributed by atoms with E-state index in [2.05, 4.69) is 6.42 Å². The molecule has 4 nitrogen and oxygen atoms in total. The molecule has 2 atom stereocenters. The fourth-order valence-electron chi connectivity index (χ4n) is 5.64. The summed E-state index contributed by atoms with van der Waals surface area (Å²) in [6.45, 7) is 0. The first-order chi connectivity index (χ1) is 11.1. The van der Waals surface area contributed by atoms with Gasteiger partial charge in [0.15, 0.2) is 0 Å². The summed E-state index contributed by atoms with van der Waals surface area (Å²) in [6, 6.07) is 5.84. The molecule has 23 heavy (non-hydrogen) atoms. The summed E-state index contributed by atoms with van der Waals surface area (Å²) in [5.74, 6) is 3.18. The summed E-state index contributed by atoms with van der Waals surface area (Å²) < 4.78 is 0. The van der Waals surface area contributed by atoms with Gasteiger partial charge in [0.05, 0.1) is 24.1 Å². The Hall–Kier alpha value is -2.21. The first kappa shape index (κ1) is 14.4. The minimum Gasteiger partial charge on any atom is -0.762 e. The fraction of sp³-hybridized carbons (Fsp3) is 0.684. The van der Waals surface area contributed by atoms with Crippen LogP contribution >= 0.6 is 0 Å². The van der Waals surface area contributed by atoms with Gasteiger partial charge in [0.1, 0.15) is 17.4 Å². The highest BCUT2D eigenvalue weighted by atomic mass is 14.8. The monoisotopic (exact) mass is 302 g/mol. The lowest BCUT2D eigenvalue weighted by molar-refractivity contribution is 0.286. The van der Waals surface area contributed by atoms with E-state index >= 15 is 0 Å². The molecule has 0 saturated heterocycles. The molecule has 4 saturated carbocycles. The second-order valence-corrected chi connectivity index (χ2v) is 7.86. The first-order valence-electron chi connectivity index (χ1n) is 8.48. The number of nitriles is 3. The van der Waals surface area contributed by atoms with Crippen molar-refractivity contribution in [2.75, 3.05) is 0 Å². The van der Waals surface area contributed by atoms with Crippen molar-refractivity contribution in [3.05, 3.63) is 17.4 Å². The lowest BCUT2D eigenvalue weighted by Crippen LogP contribution is -2.29. The molecule has 4 fully saturated rings. The predicted molar refractivity (Wildman–Crippen MR) is 83.1 cm³/mol. The molecule has 0 aromatic rings. The minimum atomic E-state index is -1.59. The van der Waals surface area contributed by atoms with Gasteiger partial charge >= 0.3 is 0 Å². The van der Waals surface area contributed by atoms with Crippen LogP contribution in [-0.4, -0.2) is 5.87 Å². The Bertz CT molecular complexity index is 705. The van der Waals surface area contributed by atoms with Crippen LogP contribution in [0.1, 0.15) is 44.9 Å². The van der Waals surface area contributed by atoms with Crippen LogP contribution in [0.5, 0.6) is 0 Å². The van der Waals surface area contributed by atoms with E-state index in [-0.39, 0.29) is 16.9 Å². The molecule has 0 aromatic heterocycles. The van der Waals surface area contributed by atoms with Gasteiger partial charge in [-0.2, -0.15) is 15.8 Å². The van der Waals surface area contributed by atoms with E-state index in [0.29, 0.717) is 5.41 Å². The normalized spacial score (nSPS) is 33.7. The molecule has 0 bridgehead atoms. The maximum atomic E-state index is 9.62. The van der Waals surface area contributed by atoms with Crippen molar-refractivity contribution in [2.45, 2.75) is 44.9 Å². The molecule has 1 spiro atoms. The van der Waals surface area contributed by atoms with Crippen molar-refractivity contribution in [1.29, 1.82) is 15.8 Å². The molecule has 0 N–H and O–H groups in total. The molecule has 4 heteroatoms. The zero-order valence-corrected chi connectivity index (χ0v) is 13.0. The third kappa shape index (κ3) is 1.64. The van der Waals surface area contributed by atoms with Crippen LogP contribution < -0.4 is 0 Å². The zero-order valence-electron chi connectivity index (χ0n) is 13.0. The van der Waals surface area contributed by atoms with Gasteiger partial charge in [0.2, 0.25) is 5.41 Å². The summed E-state index contributed by atoms with van der Waals surface area (Å²) in [4.78, 5) is 0. The van der Waals surface area contributed by atoms with Gasteiger partial charge in [0, 0.05) is 11.8 Å². The van der Waals surface area contributed by atoms with E-state index < -0.39 is 5.41 Å². The van der Waals surface area contributed by atoms with Gasteiger partial charge in [-0.05, 0) is 50.4 Å². The summed E-state index contributed by atoms with van der Waals surface area (Å²) in [5.41, 5.74) is -1.23. The Kier molecular flexibility index (Phi) is 2.76. The second-order valence-electron chi connectivity index (χ2n) is 7.86. The van der Waals surface area contributed by atoms with Crippen LogP contribution in [0.2, 0.25) is 0 Å². The van der Waals surface area contributed by atoms with Crippen LogP contribution in [0.4, 0.5) is 0 Å². The average molecular weight is 302 g/mol. The van der Waals surface area contributed by atoms with Gasteiger partial charge in [-0.15, -0.1) is 0 Å². The van der Waals surface area contributed by atoms with Gasteiger partial charge in [-0.1, -0.05) is 0 Å². The van der Waals surface area contributed by atoms with Crippen molar-refractivity contribution >= 4 is 5.87 Å². The van der Waals surface area contributed by atoms with Crippen LogP contribution in [0, 0.1) is 74.4 Å². The maximum Gasteiger partial charge on any atom is 0.225 e. The highest BCUT2D eigenvalue weighted by molar-refractivity contribution is 5.71. The van der Waals surface area contributed by atoms with Crippen LogP contribution in [0.3, 0.4) is 0 Å². The number of allylic oxidation sites excluding steroid dienone is 1. The van der Waals surface area contributed by atoms with Crippen LogP contribution in [0.25, 0.3) is 5.41 Å². The maximum absolute atomic E-state index is 9.62. The first-order valence-corrected chi connectivity index (χ1v) is 8.48. The summed E-state index contributed by atoms with van der Waals surface area (Å²) >= 11 is 0. The van der Waals surface area contributed by atoms with Crippen LogP contribution in [0.15, 0.2) is 5.57 Å². The Morgan fingerprint density at radius 1 is 1.04 bits per heavy atom. The highest BCUT2D eigenvalue weighted by Gasteiger charge is 2.84. The van der Waals surface area contributed by atoms with E-state index in [0.717, 1.165) is 24.7 Å². The summed E-state index contributed by atoms with van der Waals surface area (Å²) in [5, 5.41) is 37.6. The van der Waals surface area contributed by atoms with Gasteiger partial charge in [0.25, 0.3) is 0 Å². The molecule has 0 aromatic carbocycles. The second kappa shape index (κ2) is 4.41. The fourth-order valence-corrected chi connectivity index (χ4v) is 5.64. The molecule has 0 aliphatic heterocycles. The third-order valence-corrected chi connectivity index (χ3v) is 6.97. The van der Waals surface area contributed by atoms with E-state index in [1.165, 1.54) is 32.1 Å². The number of hydrogen-bond donors (Lipinski definition) is 0. The molecule has 2 unspecified atom stereocenters. The van der Waals surface area contributed by atoms with Crippen molar-refractivity contribution in [3.8, 4) is 18.2 Å². The molecule has 0 heterocycles. The Morgan fingerprint density at radius 2 is 1.65 bits per heavy atom. The Morgan fingerprint density at radius 3 is 2.09 bits per heavy atom. The SMILES string of the molecule is N#CC(=C=[N-])C(C#N)(C#N)C1[CH+]C2(CC1)CC2(C1CC1)C1CC1. The number of nitrogens with zero attached hydrogens (tertiary/aromatic N) is 4. The van der Waals surface area contributed by atoms with E-state index in [1.54, 1.807) is 11.9 Å². The van der Waals surface area contributed by atoms with Gasteiger partial charge in [-0.3, -0.25) is 5.87 Å². The Labute approximate surface area is 136 Å². The van der Waals surface area contributed by atoms with E-state index in [4.69, 9.17) is 0 Å². The van der Waals surface area contributed by atoms with Gasteiger partial charge < -0.3 is 5.41 Å². The quantitative estimate of drug-likeness (QED) is 0.451. The molecule has 0 amide bonds. The molecule has 114 valence electrons. The largest absolute Gasteiger partial charge is 0.762 e. The third-order valence-electron chi connectivity index (χ3n) is 6.97. The average Bonchev–Trinajstić information content (AvgIpc) is 3.41. The molecule has 0 radical (unpaired) electrons. The number of hydrogen-bond acceptors (Lipinski definition) is 3. The summed E-state index contributed by atoms with van der Waals surface area (Å²) in [7, 11) is 0. The molecule has 4 aliphatic carbocycles. The van der Waals surface area contributed by atoms with Crippen molar-refractivity contribution in [1.82, 2.24) is 0 Å². The van der Waals surface area contributed by atoms with E-state index in [1.807, 2.05) is 12.1 Å².